The van der Waals surface area contributed by atoms with Crippen LogP contribution in [0.25, 0.3) is 0 Å². The number of fused-ring (bicyclic) bond motifs is 8. The van der Waals surface area contributed by atoms with Crippen LogP contribution >= 0.6 is 11.8 Å². The molecule has 0 saturated carbocycles. The molecule has 0 saturated heterocycles. The lowest BCUT2D eigenvalue weighted by Crippen LogP contribution is -2.58. The van der Waals surface area contributed by atoms with Gasteiger partial charge in [0, 0.05) is 32.9 Å². The third kappa shape index (κ3) is 3.65. The van der Waals surface area contributed by atoms with E-state index in [9.17, 15) is 0 Å². The van der Waals surface area contributed by atoms with E-state index in [4.69, 9.17) is 9.47 Å². The van der Waals surface area contributed by atoms with Crippen LogP contribution in [-0.4, -0.2) is 6.71 Å². The molecule has 0 amide bonds. The fourth-order valence-electron chi connectivity index (χ4n) is 7.90. The predicted molar refractivity (Wildman–Crippen MR) is 183 cm³/mol. The Morgan fingerprint density at radius 1 is 0.682 bits per heavy atom. The summed E-state index contributed by atoms with van der Waals surface area (Å²) in [4.78, 5) is 4.84. The number of benzene rings is 5. The van der Waals surface area contributed by atoms with Gasteiger partial charge in [0.2, 0.25) is 0 Å². The second kappa shape index (κ2) is 8.98. The smallest absolute Gasteiger partial charge is 0.260 e. The summed E-state index contributed by atoms with van der Waals surface area (Å²) in [6, 6.07) is 33.1. The van der Waals surface area contributed by atoms with Gasteiger partial charge in [0.1, 0.15) is 23.0 Å². The minimum absolute atomic E-state index is 0.0106. The highest BCUT2D eigenvalue weighted by molar-refractivity contribution is 7.99. The second-order valence-electron chi connectivity index (χ2n) is 14.1. The molecule has 3 heterocycles. The van der Waals surface area contributed by atoms with Crippen LogP contribution in [0.3, 0.4) is 0 Å². The lowest BCUT2D eigenvalue weighted by Gasteiger charge is -2.45. The highest BCUT2D eigenvalue weighted by atomic mass is 32.2. The van der Waals surface area contributed by atoms with E-state index in [0.29, 0.717) is 0 Å². The Bertz CT molecular complexity index is 2000. The van der Waals surface area contributed by atoms with Crippen molar-refractivity contribution in [3.63, 3.8) is 0 Å². The van der Waals surface area contributed by atoms with Gasteiger partial charge < -0.3 is 14.4 Å². The summed E-state index contributed by atoms with van der Waals surface area (Å²) in [6.07, 6.45) is 2.30. The summed E-state index contributed by atoms with van der Waals surface area (Å²) >= 11 is 1.82. The first kappa shape index (κ1) is 26.3. The third-order valence-electron chi connectivity index (χ3n) is 10.3. The van der Waals surface area contributed by atoms with Gasteiger partial charge in [0.05, 0.1) is 17.1 Å². The van der Waals surface area contributed by atoms with Gasteiger partial charge in [-0.1, -0.05) is 93.6 Å². The van der Waals surface area contributed by atoms with Crippen LogP contribution in [0.4, 0.5) is 17.1 Å². The van der Waals surface area contributed by atoms with E-state index >= 15 is 0 Å². The molecule has 3 nitrogen and oxygen atoms in total. The highest BCUT2D eigenvalue weighted by Gasteiger charge is 2.46. The summed E-state index contributed by atoms with van der Waals surface area (Å²) in [5.74, 6) is 3.74. The molecular formula is C39H34BNO2S. The van der Waals surface area contributed by atoms with Crippen LogP contribution in [0.5, 0.6) is 23.0 Å². The maximum atomic E-state index is 7.19. The lowest BCUT2D eigenvalue weighted by molar-refractivity contribution is 0.320. The van der Waals surface area contributed by atoms with Crippen LogP contribution in [0, 0.1) is 6.92 Å². The molecule has 0 spiro atoms. The number of ether oxygens (including phenoxy) is 2. The maximum absolute atomic E-state index is 7.19. The van der Waals surface area contributed by atoms with Gasteiger partial charge in [0.15, 0.2) is 0 Å². The van der Waals surface area contributed by atoms with Crippen LogP contribution in [0.1, 0.15) is 57.2 Å². The first-order chi connectivity index (χ1) is 21.2. The molecule has 5 heteroatoms. The molecule has 5 aromatic carbocycles. The summed E-state index contributed by atoms with van der Waals surface area (Å²) < 4.78 is 14.0. The van der Waals surface area contributed by atoms with Crippen molar-refractivity contribution in [3.05, 3.63) is 108 Å². The number of hydrogen-bond donors (Lipinski definition) is 0. The normalized spacial score (nSPS) is 17.6. The van der Waals surface area contributed by atoms with E-state index in [1.807, 2.05) is 11.8 Å². The second-order valence-corrected chi connectivity index (χ2v) is 15.2. The van der Waals surface area contributed by atoms with Crippen molar-refractivity contribution in [2.24, 2.45) is 0 Å². The molecular weight excluding hydrogens is 557 g/mol. The molecule has 5 aromatic rings. The fraction of sp³-hybridized carbons (Fsp3) is 0.231. The van der Waals surface area contributed by atoms with E-state index in [-0.39, 0.29) is 17.5 Å². The van der Waals surface area contributed by atoms with Crippen molar-refractivity contribution in [1.29, 1.82) is 0 Å². The minimum atomic E-state index is 0.0106. The molecule has 0 N–H and O–H groups in total. The average molecular weight is 592 g/mol. The van der Waals surface area contributed by atoms with E-state index in [0.717, 1.165) is 40.6 Å². The van der Waals surface area contributed by atoms with Gasteiger partial charge >= 0.3 is 0 Å². The number of rotatable bonds is 1. The Balaban J connectivity index is 1.32. The zero-order valence-electron chi connectivity index (χ0n) is 25.8. The minimum Gasteiger partial charge on any atom is -0.458 e. The van der Waals surface area contributed by atoms with Crippen LogP contribution in [-0.2, 0) is 10.8 Å². The van der Waals surface area contributed by atoms with E-state index in [1.165, 1.54) is 55.2 Å². The Morgan fingerprint density at radius 2 is 1.34 bits per heavy atom. The number of hydrogen-bond acceptors (Lipinski definition) is 4. The zero-order chi connectivity index (χ0) is 30.0. The van der Waals surface area contributed by atoms with Crippen molar-refractivity contribution in [2.45, 2.75) is 68.1 Å². The quantitative estimate of drug-likeness (QED) is 0.178. The monoisotopic (exact) mass is 591 g/mol. The summed E-state index contributed by atoms with van der Waals surface area (Å²) in [6.45, 7) is 11.8. The SMILES string of the molecule is Cc1ccc2c(c1)B1c3ccc4c(c3Oc3cc(N5c6ccccc6Sc6ccccc65)cc(c31)O2)C(C)(C)CCC4(C)C. The van der Waals surface area contributed by atoms with E-state index < -0.39 is 0 Å². The molecule has 0 unspecified atom stereocenters. The van der Waals surface area contributed by atoms with Crippen LogP contribution in [0.2, 0.25) is 0 Å². The topological polar surface area (TPSA) is 21.7 Å². The van der Waals surface area contributed by atoms with Gasteiger partial charge in [-0.25, -0.2) is 0 Å². The average Bonchev–Trinajstić information content (AvgIpc) is 3.01. The molecule has 0 aromatic heterocycles. The van der Waals surface area contributed by atoms with Crippen LogP contribution < -0.4 is 30.8 Å². The molecule has 216 valence electrons. The molecule has 0 radical (unpaired) electrons. The van der Waals surface area contributed by atoms with Crippen LogP contribution in [0.15, 0.2) is 101 Å². The van der Waals surface area contributed by atoms with Gasteiger partial charge in [-0.15, -0.1) is 0 Å². The van der Waals surface area contributed by atoms with Crippen molar-refractivity contribution in [2.75, 3.05) is 4.90 Å². The third-order valence-corrected chi connectivity index (χ3v) is 11.4. The summed E-state index contributed by atoms with van der Waals surface area (Å²) in [5, 5.41) is 0. The number of para-hydroxylation sites is 2. The Kier molecular flexibility index (Phi) is 5.38. The predicted octanol–water partition coefficient (Wildman–Crippen LogP) is 9.01. The van der Waals surface area contributed by atoms with Gasteiger partial charge in [-0.3, -0.25) is 0 Å². The molecule has 0 bridgehead atoms. The first-order valence-corrected chi connectivity index (χ1v) is 16.5. The summed E-state index contributed by atoms with van der Waals surface area (Å²) in [5.41, 5.74) is 11.1. The molecule has 44 heavy (non-hydrogen) atoms. The Morgan fingerprint density at radius 3 is 2.07 bits per heavy atom. The molecule has 4 aliphatic rings. The number of aryl methyl sites for hydroxylation is 1. The number of nitrogens with zero attached hydrogens (tertiary/aromatic N) is 1. The highest BCUT2D eigenvalue weighted by Crippen LogP contribution is 2.54. The van der Waals surface area contributed by atoms with E-state index in [2.05, 4.69) is 131 Å². The largest absolute Gasteiger partial charge is 0.458 e. The van der Waals surface area contributed by atoms with Gasteiger partial charge in [0.25, 0.3) is 6.71 Å². The number of anilines is 3. The Hall–Kier alpha value is -4.09. The molecule has 1 aliphatic carbocycles. The van der Waals surface area contributed by atoms with Crippen molar-refractivity contribution in [3.8, 4) is 23.0 Å². The maximum Gasteiger partial charge on any atom is 0.260 e. The molecule has 0 fully saturated rings. The molecule has 0 atom stereocenters. The van der Waals surface area contributed by atoms with E-state index in [1.54, 1.807) is 0 Å². The van der Waals surface area contributed by atoms with Gasteiger partial charge in [-0.05, 0) is 77.4 Å². The molecule has 3 aliphatic heterocycles. The summed E-state index contributed by atoms with van der Waals surface area (Å²) in [7, 11) is 0. The lowest BCUT2D eigenvalue weighted by atomic mass is 9.34. The first-order valence-electron chi connectivity index (χ1n) is 15.7. The van der Waals surface area contributed by atoms with Crippen molar-refractivity contribution < 1.29 is 9.47 Å². The van der Waals surface area contributed by atoms with Crippen molar-refractivity contribution >= 4 is 51.9 Å². The fourth-order valence-corrected chi connectivity index (χ4v) is 8.96. The Labute approximate surface area is 264 Å². The van der Waals surface area contributed by atoms with Gasteiger partial charge in [-0.2, -0.15) is 0 Å². The zero-order valence-corrected chi connectivity index (χ0v) is 26.6. The standard InChI is InChI=1S/C39H34BNO2S/c1-23-14-17-30-27(20-23)40-26-16-15-25-35(39(4,5)19-18-38(25,2)3)37(26)43-32-22-24(21-31(42-30)36(32)40)41-28-10-6-8-12-33(28)44-34-13-9-7-11-29(34)41/h6-17,20-22H,18-19H2,1-5H3. The van der Waals surface area contributed by atoms with Crippen molar-refractivity contribution in [1.82, 2.24) is 0 Å². The molecule has 9 rings (SSSR count).